The van der Waals surface area contributed by atoms with Gasteiger partial charge in [0.2, 0.25) is 5.95 Å². The predicted octanol–water partition coefficient (Wildman–Crippen LogP) is 6.40. The van der Waals surface area contributed by atoms with E-state index < -0.39 is 17.4 Å². The van der Waals surface area contributed by atoms with Crippen LogP contribution in [0.3, 0.4) is 0 Å². The van der Waals surface area contributed by atoms with Gasteiger partial charge in [0.15, 0.2) is 0 Å². The summed E-state index contributed by atoms with van der Waals surface area (Å²) < 4.78 is 19.2. The standard InChI is InChI=1S/C27H33FN4O3S/c1-16-12-19(14-20(13-16)31-25-29-11-8-21(32-25)17(2)28)22-15-30-24(36-22)27(34)9-6-18(7-10-27)23(33)35-26(3,4)5/h8,11-15,17-18,34H,6-7,9-10H2,1-5H3,(H,29,31,32). The summed E-state index contributed by atoms with van der Waals surface area (Å²) in [5, 5.41) is 15.2. The van der Waals surface area contributed by atoms with E-state index in [-0.39, 0.29) is 11.9 Å². The van der Waals surface area contributed by atoms with E-state index in [9.17, 15) is 14.3 Å². The van der Waals surface area contributed by atoms with E-state index in [1.165, 1.54) is 24.5 Å². The number of aliphatic hydroxyl groups is 1. The number of hydrogen-bond donors (Lipinski definition) is 2. The van der Waals surface area contributed by atoms with E-state index in [0.29, 0.717) is 42.3 Å². The molecule has 0 bridgehead atoms. The summed E-state index contributed by atoms with van der Waals surface area (Å²) in [6.45, 7) is 9.02. The van der Waals surface area contributed by atoms with Crippen molar-refractivity contribution in [3.63, 3.8) is 0 Å². The Bertz CT molecular complexity index is 1230. The van der Waals surface area contributed by atoms with Crippen molar-refractivity contribution in [2.24, 2.45) is 5.92 Å². The fourth-order valence-electron chi connectivity index (χ4n) is 4.33. The van der Waals surface area contributed by atoms with Gasteiger partial charge < -0.3 is 15.2 Å². The summed E-state index contributed by atoms with van der Waals surface area (Å²) in [4.78, 5) is 26.4. The summed E-state index contributed by atoms with van der Waals surface area (Å²) >= 11 is 1.46. The first-order valence-electron chi connectivity index (χ1n) is 12.2. The van der Waals surface area contributed by atoms with E-state index in [0.717, 1.165) is 21.7 Å². The van der Waals surface area contributed by atoms with E-state index in [1.54, 1.807) is 12.3 Å². The summed E-state index contributed by atoms with van der Waals surface area (Å²) in [6.07, 6.45) is 4.19. The Kier molecular flexibility index (Phi) is 7.43. The molecule has 1 aromatic carbocycles. The molecule has 2 heterocycles. The van der Waals surface area contributed by atoms with Crippen LogP contribution in [0.25, 0.3) is 10.4 Å². The molecule has 3 aromatic rings. The van der Waals surface area contributed by atoms with Gasteiger partial charge in [-0.2, -0.15) is 0 Å². The van der Waals surface area contributed by atoms with Crippen LogP contribution in [0.4, 0.5) is 16.0 Å². The van der Waals surface area contributed by atoms with Crippen molar-refractivity contribution in [1.29, 1.82) is 0 Å². The van der Waals surface area contributed by atoms with E-state index in [2.05, 4.69) is 20.3 Å². The van der Waals surface area contributed by atoms with Crippen LogP contribution in [0.2, 0.25) is 0 Å². The molecule has 36 heavy (non-hydrogen) atoms. The van der Waals surface area contributed by atoms with Gasteiger partial charge in [0.1, 0.15) is 22.4 Å². The number of hydrogen-bond acceptors (Lipinski definition) is 8. The molecule has 192 valence electrons. The first-order chi connectivity index (χ1) is 16.9. The van der Waals surface area contributed by atoms with Gasteiger partial charge in [0.05, 0.1) is 16.5 Å². The molecule has 7 nitrogen and oxygen atoms in total. The topological polar surface area (TPSA) is 97.2 Å². The van der Waals surface area contributed by atoms with Gasteiger partial charge in [-0.15, -0.1) is 11.3 Å². The number of carbonyl (C=O) groups excluding carboxylic acids is 1. The van der Waals surface area contributed by atoms with Crippen LogP contribution in [0.1, 0.15) is 75.8 Å². The highest BCUT2D eigenvalue weighted by molar-refractivity contribution is 7.15. The second kappa shape index (κ2) is 10.2. The Labute approximate surface area is 215 Å². The van der Waals surface area contributed by atoms with Crippen LogP contribution < -0.4 is 5.32 Å². The van der Waals surface area contributed by atoms with Crippen molar-refractivity contribution < 1.29 is 19.0 Å². The lowest BCUT2D eigenvalue weighted by Gasteiger charge is -2.34. The van der Waals surface area contributed by atoms with Crippen LogP contribution in [0.5, 0.6) is 0 Å². The van der Waals surface area contributed by atoms with Crippen LogP contribution in [0, 0.1) is 12.8 Å². The average molecular weight is 513 g/mol. The second-order valence-electron chi connectivity index (χ2n) is 10.5. The van der Waals surface area contributed by atoms with Gasteiger partial charge in [-0.25, -0.2) is 19.3 Å². The molecule has 9 heteroatoms. The maximum Gasteiger partial charge on any atom is 0.309 e. The molecule has 1 aliphatic carbocycles. The number of nitrogens with one attached hydrogen (secondary N) is 1. The zero-order valence-corrected chi connectivity index (χ0v) is 22.2. The van der Waals surface area contributed by atoms with Crippen LogP contribution in [-0.2, 0) is 15.1 Å². The molecule has 1 fully saturated rings. The number of rotatable bonds is 6. The van der Waals surface area contributed by atoms with Gasteiger partial charge in [0.25, 0.3) is 0 Å². The number of aryl methyl sites for hydroxylation is 1. The monoisotopic (exact) mass is 512 g/mol. The minimum absolute atomic E-state index is 0.195. The predicted molar refractivity (Wildman–Crippen MR) is 139 cm³/mol. The molecule has 0 aliphatic heterocycles. The quantitative estimate of drug-likeness (QED) is 0.369. The number of anilines is 2. The fraction of sp³-hybridized carbons (Fsp3) is 0.481. The van der Waals surface area contributed by atoms with Crippen LogP contribution >= 0.6 is 11.3 Å². The van der Waals surface area contributed by atoms with Gasteiger partial charge in [0, 0.05) is 18.1 Å². The number of nitrogens with zero attached hydrogens (tertiary/aromatic N) is 3. The lowest BCUT2D eigenvalue weighted by atomic mass is 9.79. The molecule has 1 aliphatic rings. The summed E-state index contributed by atoms with van der Waals surface area (Å²) in [5.41, 5.74) is 1.50. The molecule has 1 atom stereocenters. The zero-order valence-electron chi connectivity index (χ0n) is 21.3. The molecule has 0 radical (unpaired) electrons. The first-order valence-corrected chi connectivity index (χ1v) is 13.0. The SMILES string of the molecule is Cc1cc(Nc2nccc(C(C)F)n2)cc(-c2cnc(C3(O)CCC(C(=O)OC(C)(C)C)CC3)s2)c1. The fourth-order valence-corrected chi connectivity index (χ4v) is 5.38. The lowest BCUT2D eigenvalue weighted by Crippen LogP contribution is -2.36. The average Bonchev–Trinajstić information content (AvgIpc) is 3.30. The molecule has 4 rings (SSSR count). The molecule has 0 amide bonds. The Morgan fingerprint density at radius 3 is 2.64 bits per heavy atom. The van der Waals surface area contributed by atoms with E-state index >= 15 is 0 Å². The Morgan fingerprint density at radius 1 is 1.25 bits per heavy atom. The smallest absolute Gasteiger partial charge is 0.309 e. The Hall–Kier alpha value is -2.91. The van der Waals surface area contributed by atoms with Gasteiger partial charge in [-0.05, 0) is 89.6 Å². The lowest BCUT2D eigenvalue weighted by molar-refractivity contribution is -0.163. The number of benzene rings is 1. The maximum atomic E-state index is 13.6. The largest absolute Gasteiger partial charge is 0.460 e. The molecule has 1 unspecified atom stereocenters. The van der Waals surface area contributed by atoms with E-state index in [4.69, 9.17) is 4.74 Å². The van der Waals surface area contributed by atoms with E-state index in [1.807, 2.05) is 45.9 Å². The Balaban J connectivity index is 1.48. The van der Waals surface area contributed by atoms with Crippen molar-refractivity contribution in [2.75, 3.05) is 5.32 Å². The van der Waals surface area contributed by atoms with Crippen LogP contribution in [0.15, 0.2) is 36.7 Å². The summed E-state index contributed by atoms with van der Waals surface area (Å²) in [5.74, 6) is -0.0651. The van der Waals surface area contributed by atoms with Gasteiger partial charge >= 0.3 is 5.97 Å². The molecule has 2 N–H and O–H groups in total. The number of aromatic nitrogens is 3. The number of halogens is 1. The number of thiazole rings is 1. The summed E-state index contributed by atoms with van der Waals surface area (Å²) in [6, 6.07) is 7.53. The van der Waals surface area contributed by atoms with Crippen LogP contribution in [-0.4, -0.2) is 31.6 Å². The number of carbonyl (C=O) groups is 1. The third-order valence-corrected chi connectivity index (χ3v) is 7.40. The molecule has 2 aromatic heterocycles. The Morgan fingerprint density at radius 2 is 1.97 bits per heavy atom. The van der Waals surface area contributed by atoms with Gasteiger partial charge in [-0.3, -0.25) is 4.79 Å². The van der Waals surface area contributed by atoms with Crippen molar-refractivity contribution in [3.8, 4) is 10.4 Å². The van der Waals surface area contributed by atoms with Crippen molar-refractivity contribution >= 4 is 28.9 Å². The minimum atomic E-state index is -1.18. The third-order valence-electron chi connectivity index (χ3n) is 6.16. The number of alkyl halides is 1. The molecule has 1 saturated carbocycles. The second-order valence-corrected chi connectivity index (χ2v) is 11.5. The normalized spacial score (nSPS) is 21.1. The number of esters is 1. The van der Waals surface area contributed by atoms with Crippen molar-refractivity contribution in [1.82, 2.24) is 15.0 Å². The number of ether oxygens (including phenoxy) is 1. The van der Waals surface area contributed by atoms with Crippen molar-refractivity contribution in [2.45, 2.75) is 77.7 Å². The highest BCUT2D eigenvalue weighted by Gasteiger charge is 2.40. The molecule has 0 spiro atoms. The molecular weight excluding hydrogens is 479 g/mol. The highest BCUT2D eigenvalue weighted by atomic mass is 32.1. The third kappa shape index (κ3) is 6.25. The first kappa shape index (κ1) is 26.2. The minimum Gasteiger partial charge on any atom is -0.460 e. The highest BCUT2D eigenvalue weighted by Crippen LogP contribution is 2.43. The van der Waals surface area contributed by atoms with Gasteiger partial charge in [-0.1, -0.05) is 6.07 Å². The maximum absolute atomic E-state index is 13.6. The van der Waals surface area contributed by atoms with Crippen molar-refractivity contribution in [3.05, 3.63) is 52.9 Å². The zero-order chi connectivity index (χ0) is 26.1. The summed E-state index contributed by atoms with van der Waals surface area (Å²) in [7, 11) is 0. The molecule has 0 saturated heterocycles. The molecular formula is C27H33FN4O3S.